The lowest BCUT2D eigenvalue weighted by atomic mass is 10.1. The smallest absolute Gasteiger partial charge is 0.294 e. The molecule has 0 aromatic heterocycles. The first-order valence-electron chi connectivity index (χ1n) is 4.46. The van der Waals surface area contributed by atoms with Crippen molar-refractivity contribution in [3.8, 4) is 0 Å². The largest absolute Gasteiger partial charge is 0.354 e. The van der Waals surface area contributed by atoms with Crippen LogP contribution in [0, 0.1) is 16.0 Å². The third-order valence-corrected chi connectivity index (χ3v) is 2.03. The van der Waals surface area contributed by atoms with Crippen molar-refractivity contribution >= 4 is 5.91 Å². The standard InChI is InChI=1S/C7H13N3O4/c11-7(6-1-2-8-5-6)9-3-4-14-10(12)13/h6,8H,1-5H2,(H,9,11). The molecule has 1 amide bonds. The van der Waals surface area contributed by atoms with Crippen LogP contribution in [0.3, 0.4) is 0 Å². The van der Waals surface area contributed by atoms with E-state index in [0.29, 0.717) is 6.54 Å². The summed E-state index contributed by atoms with van der Waals surface area (Å²) in [4.78, 5) is 25.1. The molecule has 0 aromatic carbocycles. The zero-order valence-corrected chi connectivity index (χ0v) is 7.69. The van der Waals surface area contributed by atoms with Crippen molar-refractivity contribution in [1.82, 2.24) is 10.6 Å². The molecule has 1 aliphatic heterocycles. The van der Waals surface area contributed by atoms with Crippen LogP contribution in [0.25, 0.3) is 0 Å². The average Bonchev–Trinajstić information content (AvgIpc) is 2.64. The van der Waals surface area contributed by atoms with Gasteiger partial charge in [0.25, 0.3) is 5.09 Å². The second-order valence-corrected chi connectivity index (χ2v) is 3.04. The van der Waals surface area contributed by atoms with Gasteiger partial charge in [-0.05, 0) is 13.0 Å². The molecule has 1 saturated heterocycles. The Bertz CT molecular complexity index is 215. The van der Waals surface area contributed by atoms with Crippen molar-refractivity contribution in [3.05, 3.63) is 10.1 Å². The van der Waals surface area contributed by atoms with Crippen molar-refractivity contribution < 1.29 is 14.7 Å². The predicted molar refractivity (Wildman–Crippen MR) is 46.9 cm³/mol. The van der Waals surface area contributed by atoms with Crippen molar-refractivity contribution in [2.24, 2.45) is 5.92 Å². The van der Waals surface area contributed by atoms with Gasteiger partial charge in [-0.15, -0.1) is 10.1 Å². The van der Waals surface area contributed by atoms with Gasteiger partial charge >= 0.3 is 0 Å². The average molecular weight is 203 g/mol. The van der Waals surface area contributed by atoms with E-state index in [1.807, 2.05) is 0 Å². The number of hydrogen-bond acceptors (Lipinski definition) is 5. The number of hydrogen-bond donors (Lipinski definition) is 2. The van der Waals surface area contributed by atoms with E-state index >= 15 is 0 Å². The highest BCUT2D eigenvalue weighted by atomic mass is 16.9. The molecule has 7 heteroatoms. The summed E-state index contributed by atoms with van der Waals surface area (Å²) in [6.45, 7) is 1.61. The molecule has 1 unspecified atom stereocenters. The minimum Gasteiger partial charge on any atom is -0.354 e. The summed E-state index contributed by atoms with van der Waals surface area (Å²) in [6, 6.07) is 0. The van der Waals surface area contributed by atoms with Crippen LogP contribution >= 0.6 is 0 Å². The number of amides is 1. The Labute approximate surface area is 80.9 Å². The van der Waals surface area contributed by atoms with Crippen LogP contribution in [0.15, 0.2) is 0 Å². The zero-order valence-electron chi connectivity index (χ0n) is 7.69. The summed E-state index contributed by atoms with van der Waals surface area (Å²) in [6.07, 6.45) is 0.821. The van der Waals surface area contributed by atoms with Gasteiger partial charge in [0.1, 0.15) is 6.61 Å². The van der Waals surface area contributed by atoms with Gasteiger partial charge in [0, 0.05) is 13.1 Å². The number of nitrogens with one attached hydrogen (secondary N) is 2. The zero-order chi connectivity index (χ0) is 10.4. The third kappa shape index (κ3) is 3.56. The third-order valence-electron chi connectivity index (χ3n) is 2.03. The highest BCUT2D eigenvalue weighted by molar-refractivity contribution is 5.79. The van der Waals surface area contributed by atoms with Crippen LogP contribution in [0.4, 0.5) is 0 Å². The van der Waals surface area contributed by atoms with Gasteiger partial charge in [0.15, 0.2) is 0 Å². The fourth-order valence-corrected chi connectivity index (χ4v) is 1.32. The van der Waals surface area contributed by atoms with Crippen LogP contribution in [-0.2, 0) is 9.63 Å². The van der Waals surface area contributed by atoms with E-state index in [1.165, 1.54) is 0 Å². The Morgan fingerprint density at radius 2 is 2.50 bits per heavy atom. The highest BCUT2D eigenvalue weighted by Crippen LogP contribution is 2.06. The predicted octanol–water partition coefficient (Wildman–Crippen LogP) is -1.08. The summed E-state index contributed by atoms with van der Waals surface area (Å²) < 4.78 is 0. The summed E-state index contributed by atoms with van der Waals surface area (Å²) in [5, 5.41) is 14.5. The maximum Gasteiger partial charge on any atom is 0.294 e. The number of nitrogens with zero attached hydrogens (tertiary/aromatic N) is 1. The van der Waals surface area contributed by atoms with E-state index in [4.69, 9.17) is 0 Å². The van der Waals surface area contributed by atoms with Crippen molar-refractivity contribution in [2.75, 3.05) is 26.2 Å². The molecule has 1 rings (SSSR count). The van der Waals surface area contributed by atoms with Crippen LogP contribution in [0.2, 0.25) is 0 Å². The molecule has 0 saturated carbocycles. The lowest BCUT2D eigenvalue weighted by molar-refractivity contribution is -0.757. The Kier molecular flexibility index (Phi) is 4.11. The molecular weight excluding hydrogens is 190 g/mol. The monoisotopic (exact) mass is 203 g/mol. The summed E-state index contributed by atoms with van der Waals surface area (Å²) in [7, 11) is 0. The molecule has 2 N–H and O–H groups in total. The fraction of sp³-hybridized carbons (Fsp3) is 0.857. The quantitative estimate of drug-likeness (QED) is 0.337. The van der Waals surface area contributed by atoms with Gasteiger partial charge in [0.2, 0.25) is 5.91 Å². The number of carbonyl (C=O) groups is 1. The molecule has 1 aliphatic rings. The molecule has 7 nitrogen and oxygen atoms in total. The van der Waals surface area contributed by atoms with Crippen LogP contribution in [0.1, 0.15) is 6.42 Å². The van der Waals surface area contributed by atoms with Gasteiger partial charge in [-0.2, -0.15) is 0 Å². The van der Waals surface area contributed by atoms with Gasteiger partial charge in [-0.25, -0.2) is 0 Å². The molecular formula is C7H13N3O4. The van der Waals surface area contributed by atoms with Crippen molar-refractivity contribution in [2.45, 2.75) is 6.42 Å². The Morgan fingerprint density at radius 1 is 1.71 bits per heavy atom. The first kappa shape index (κ1) is 10.7. The first-order chi connectivity index (χ1) is 6.70. The molecule has 0 spiro atoms. The first-order valence-corrected chi connectivity index (χ1v) is 4.46. The van der Waals surface area contributed by atoms with E-state index in [2.05, 4.69) is 15.5 Å². The summed E-state index contributed by atoms with van der Waals surface area (Å²) in [5.41, 5.74) is 0. The number of carbonyl (C=O) groups excluding carboxylic acids is 1. The topological polar surface area (TPSA) is 93.5 Å². The molecule has 14 heavy (non-hydrogen) atoms. The van der Waals surface area contributed by atoms with E-state index in [-0.39, 0.29) is 25.0 Å². The molecule has 1 atom stereocenters. The molecule has 1 heterocycles. The summed E-state index contributed by atoms with van der Waals surface area (Å²) in [5.74, 6) is -0.0763. The Balaban J connectivity index is 2.05. The van der Waals surface area contributed by atoms with Crippen LogP contribution < -0.4 is 10.6 Å². The molecule has 0 bridgehead atoms. The van der Waals surface area contributed by atoms with E-state index in [0.717, 1.165) is 13.0 Å². The van der Waals surface area contributed by atoms with Gasteiger partial charge in [-0.3, -0.25) is 4.79 Å². The van der Waals surface area contributed by atoms with Crippen LogP contribution in [-0.4, -0.2) is 37.2 Å². The molecule has 1 fully saturated rings. The Morgan fingerprint density at radius 3 is 3.07 bits per heavy atom. The number of rotatable bonds is 5. The minimum absolute atomic E-state index is 0.00870. The minimum atomic E-state index is -0.872. The normalized spacial score (nSPS) is 20.4. The molecule has 0 radical (unpaired) electrons. The highest BCUT2D eigenvalue weighted by Gasteiger charge is 2.21. The van der Waals surface area contributed by atoms with E-state index in [1.54, 1.807) is 0 Å². The summed E-state index contributed by atoms with van der Waals surface area (Å²) >= 11 is 0. The van der Waals surface area contributed by atoms with Gasteiger partial charge in [0.05, 0.1) is 5.92 Å². The van der Waals surface area contributed by atoms with Crippen molar-refractivity contribution in [3.63, 3.8) is 0 Å². The Hall–Kier alpha value is -1.37. The van der Waals surface area contributed by atoms with Crippen molar-refractivity contribution in [1.29, 1.82) is 0 Å². The molecule has 0 aliphatic carbocycles. The van der Waals surface area contributed by atoms with Gasteiger partial charge < -0.3 is 15.5 Å². The SMILES string of the molecule is O=C(NCCO[N+](=O)[O-])C1CCNC1. The second kappa shape index (κ2) is 5.38. The maximum absolute atomic E-state index is 11.3. The van der Waals surface area contributed by atoms with Crippen LogP contribution in [0.5, 0.6) is 0 Å². The van der Waals surface area contributed by atoms with E-state index in [9.17, 15) is 14.9 Å². The lowest BCUT2D eigenvalue weighted by Gasteiger charge is -2.08. The molecule has 0 aromatic rings. The lowest BCUT2D eigenvalue weighted by Crippen LogP contribution is -2.34. The second-order valence-electron chi connectivity index (χ2n) is 3.04. The van der Waals surface area contributed by atoms with E-state index < -0.39 is 5.09 Å². The van der Waals surface area contributed by atoms with Gasteiger partial charge in [-0.1, -0.05) is 0 Å². The fourth-order valence-electron chi connectivity index (χ4n) is 1.32. The molecule has 80 valence electrons. The maximum atomic E-state index is 11.3.